The van der Waals surface area contributed by atoms with Crippen LogP contribution in [-0.4, -0.2) is 143 Å². The number of sulfone groups is 2. The minimum Gasteiger partial charge on any atom is -0.548 e. The number of hydrogen-bond acceptors (Lipinski definition) is 16. The van der Waals surface area contributed by atoms with E-state index >= 15 is 0 Å². The number of benzene rings is 6. The van der Waals surface area contributed by atoms with Crippen molar-refractivity contribution in [3.63, 3.8) is 0 Å². The fraction of sp³-hybridized carbons (Fsp3) is 0.321. The van der Waals surface area contributed by atoms with E-state index < -0.39 is 56.0 Å². The van der Waals surface area contributed by atoms with Crippen molar-refractivity contribution >= 4 is 92.6 Å². The maximum atomic E-state index is 11.2. The van der Waals surface area contributed by atoms with Crippen LogP contribution < -0.4 is 29.2 Å². The second kappa shape index (κ2) is 28.3. The fourth-order valence-electron chi connectivity index (χ4n) is 8.00. The Hall–Kier alpha value is -4.96. The Kier molecular flexibility index (Phi) is 22.5. The molecule has 0 unspecified atom stereocenters. The molecule has 2 aliphatic rings. The van der Waals surface area contributed by atoms with Gasteiger partial charge in [0.2, 0.25) is 0 Å². The molecule has 0 radical (unpaired) electrons. The Morgan fingerprint density at radius 2 is 0.883 bits per heavy atom. The van der Waals surface area contributed by atoms with E-state index in [0.717, 1.165) is 44.5 Å². The Labute approximate surface area is 488 Å². The molecule has 2 fully saturated rings. The van der Waals surface area contributed by atoms with Gasteiger partial charge in [0.25, 0.3) is 0 Å². The normalized spacial score (nSPS) is 14.3. The summed E-state index contributed by atoms with van der Waals surface area (Å²) in [5, 5.41) is 22.6. The molecular weight excluding hydrogens is 1100 g/mol. The maximum Gasteiger partial charge on any atom is 2.00 e. The molecule has 8 rings (SSSR count). The van der Waals surface area contributed by atoms with Crippen molar-refractivity contribution < 1.29 is 74.5 Å². The van der Waals surface area contributed by atoms with Gasteiger partial charge >= 0.3 is 37.7 Å². The van der Waals surface area contributed by atoms with Gasteiger partial charge in [0, 0.05) is 23.6 Å². The Bertz CT molecular complexity index is 2960. The summed E-state index contributed by atoms with van der Waals surface area (Å²) in [5.41, 5.74) is 5.51. The largest absolute Gasteiger partial charge is 2.00 e. The molecule has 2 heterocycles. The third-order valence-corrected chi connectivity index (χ3v) is 14.7. The molecule has 0 aliphatic carbocycles. The average molecular weight is 1160 g/mol. The van der Waals surface area contributed by atoms with E-state index in [2.05, 4.69) is 0 Å². The molecule has 0 saturated carbocycles. The smallest absolute Gasteiger partial charge is 0.548 e. The van der Waals surface area contributed by atoms with E-state index in [1.54, 1.807) is 12.1 Å². The average Bonchev–Trinajstić information content (AvgIpc) is 3.36. The van der Waals surface area contributed by atoms with Gasteiger partial charge in [-0.25, -0.2) is 16.8 Å². The van der Waals surface area contributed by atoms with Crippen LogP contribution in [0.15, 0.2) is 133 Å². The molecule has 0 bridgehead atoms. The molecule has 0 amide bonds. The number of halogens is 2. The molecule has 0 spiro atoms. The molecule has 2 saturated heterocycles. The Morgan fingerprint density at radius 3 is 1.19 bits per heavy atom. The summed E-state index contributed by atoms with van der Waals surface area (Å²) >= 11 is 13.0. The molecule has 77 heavy (non-hydrogen) atoms. The number of carboxylic acids is 2. The summed E-state index contributed by atoms with van der Waals surface area (Å²) < 4.78 is 89.7. The third-order valence-electron chi connectivity index (χ3n) is 12.1. The molecule has 16 nitrogen and oxygen atoms in total. The number of carbonyl (C=O) groups excluding carboxylic acids is 2. The van der Waals surface area contributed by atoms with Gasteiger partial charge in [-0.15, -0.1) is 0 Å². The number of ether oxygens (including phenoxy) is 8. The van der Waals surface area contributed by atoms with Crippen LogP contribution in [0.1, 0.15) is 35.1 Å². The monoisotopic (exact) mass is 1160 g/mol. The van der Waals surface area contributed by atoms with E-state index in [0.29, 0.717) is 59.1 Å². The minimum absolute atomic E-state index is 0. The number of carboxylic acid groups (broad SMARTS) is 2. The Balaban J connectivity index is 0.000000246. The summed E-state index contributed by atoms with van der Waals surface area (Å²) in [5.74, 6) is 0.0804. The predicted octanol–water partition coefficient (Wildman–Crippen LogP) is 6.40. The van der Waals surface area contributed by atoms with E-state index in [1.165, 1.54) is 12.5 Å². The van der Waals surface area contributed by atoms with Crippen LogP contribution in [0.4, 0.5) is 0 Å². The van der Waals surface area contributed by atoms with E-state index in [-0.39, 0.29) is 88.9 Å². The first-order chi connectivity index (χ1) is 36.3. The first-order valence-electron chi connectivity index (χ1n) is 24.0. The van der Waals surface area contributed by atoms with Crippen LogP contribution in [0.2, 0.25) is 10.0 Å². The summed E-state index contributed by atoms with van der Waals surface area (Å²) in [4.78, 5) is 21.6. The summed E-state index contributed by atoms with van der Waals surface area (Å²) in [7, 11) is -6.03. The van der Waals surface area contributed by atoms with Crippen molar-refractivity contribution in [1.82, 2.24) is 0 Å². The van der Waals surface area contributed by atoms with Crippen molar-refractivity contribution in [3.8, 4) is 45.3 Å². The first-order valence-corrected chi connectivity index (χ1v) is 28.8. The van der Waals surface area contributed by atoms with Crippen molar-refractivity contribution in [3.05, 3.63) is 166 Å². The van der Waals surface area contributed by atoms with Gasteiger partial charge in [-0.05, 0) is 119 Å². The quantitative estimate of drug-likeness (QED) is 0.0423. The molecule has 21 heteroatoms. The van der Waals surface area contributed by atoms with Crippen molar-refractivity contribution in [1.29, 1.82) is 0 Å². The molecule has 404 valence electrons. The molecular formula is C56H56CaCl2O16S2. The van der Waals surface area contributed by atoms with Gasteiger partial charge in [-0.2, -0.15) is 0 Å². The van der Waals surface area contributed by atoms with Crippen LogP contribution in [0.3, 0.4) is 0 Å². The van der Waals surface area contributed by atoms with E-state index in [9.17, 15) is 36.6 Å². The number of aliphatic carboxylic acids is 2. The third kappa shape index (κ3) is 18.6. The number of hydrogen-bond donors (Lipinski definition) is 0. The zero-order valence-corrected chi connectivity index (χ0v) is 47.8. The zero-order chi connectivity index (χ0) is 54.4. The number of carbonyl (C=O) groups is 2. The molecule has 0 atom stereocenters. The van der Waals surface area contributed by atoms with Gasteiger partial charge in [-0.1, -0.05) is 83.9 Å². The van der Waals surface area contributed by atoms with Gasteiger partial charge in [-0.3, -0.25) is 0 Å². The predicted molar refractivity (Wildman–Crippen MR) is 288 cm³/mol. The van der Waals surface area contributed by atoms with Crippen molar-refractivity contribution in [2.24, 2.45) is 0 Å². The topological polar surface area (TPSA) is 222 Å². The Morgan fingerprint density at radius 1 is 0.519 bits per heavy atom. The molecule has 0 aromatic heterocycles. The minimum atomic E-state index is -3.01. The maximum absolute atomic E-state index is 11.2. The molecule has 6 aromatic carbocycles. The molecule has 0 N–H and O–H groups in total. The van der Waals surface area contributed by atoms with Gasteiger partial charge < -0.3 is 57.7 Å². The SMILES string of the molecule is CS(=O)(=O)CCCOc1ccc(-c2cccc(COc3ccc(C4(OCC(=O)[O-])COC4)cc3)c2)c(Cl)c1.CS(=O)(=O)CCCOc1ccc(-c2cccc(COc3ccc(C4(OCC(=O)[O-])COC4)cc3)c2)c(Cl)c1.[Ca+2]. The summed E-state index contributed by atoms with van der Waals surface area (Å²) in [6.07, 6.45) is 3.23. The van der Waals surface area contributed by atoms with Crippen LogP contribution >= 0.6 is 23.2 Å². The zero-order valence-electron chi connectivity index (χ0n) is 42.4. The van der Waals surface area contributed by atoms with Crippen LogP contribution in [-0.2, 0) is 72.6 Å². The number of rotatable bonds is 26. The fourth-order valence-corrected chi connectivity index (χ4v) is 9.84. The summed E-state index contributed by atoms with van der Waals surface area (Å²) in [6.45, 7) is 1.39. The molecule has 2 aliphatic heterocycles. The second-order valence-corrected chi connectivity index (χ2v) is 23.6. The first kappa shape index (κ1) is 61.3. The van der Waals surface area contributed by atoms with E-state index in [4.69, 9.17) is 61.1 Å². The van der Waals surface area contributed by atoms with Crippen molar-refractivity contribution in [2.75, 3.05) is 76.9 Å². The van der Waals surface area contributed by atoms with E-state index in [1.807, 2.05) is 121 Å². The van der Waals surface area contributed by atoms with Gasteiger partial charge in [0.05, 0.1) is 86.3 Å². The standard InChI is InChI=1S/2C28H29ClO8S.Ca/c2*1-38(32,33)13-3-12-35-24-10-11-25(26(29)15-24)21-5-2-4-20(14-21)16-36-23-8-6-22(7-9-23)28(18-34-19-28)37-17-27(30)31;/h2*2,4-11,14-15H,3,12-13,16-19H2,1H3,(H,30,31);/q;;+2/p-2. The molecule has 6 aromatic rings. The van der Waals surface area contributed by atoms with Gasteiger partial charge in [0.15, 0.2) is 0 Å². The summed E-state index contributed by atoms with van der Waals surface area (Å²) in [6, 6.07) is 41.1. The van der Waals surface area contributed by atoms with Crippen molar-refractivity contribution in [2.45, 2.75) is 37.3 Å². The van der Waals surface area contributed by atoms with Gasteiger partial charge in [0.1, 0.15) is 67.1 Å². The van der Waals surface area contributed by atoms with Crippen LogP contribution in [0.5, 0.6) is 23.0 Å². The van der Waals surface area contributed by atoms with Crippen LogP contribution in [0.25, 0.3) is 22.3 Å². The van der Waals surface area contributed by atoms with Crippen LogP contribution in [0, 0.1) is 0 Å². The second-order valence-electron chi connectivity index (χ2n) is 18.3.